The molecule has 2 N–H and O–H groups in total. The fourth-order valence-electron chi connectivity index (χ4n) is 1.11. The molecule has 0 aromatic rings. The smallest absolute Gasteiger partial charge is 0.296 e. The zero-order valence-corrected chi connectivity index (χ0v) is 6.61. The van der Waals surface area contributed by atoms with Gasteiger partial charge in [-0.25, -0.2) is 0 Å². The standard InChI is InChI=1S/C8H12N2O/c1-2-3-8(11)10-7-4-5-9-6-7/h7,9H,4-6H2,1H3,(H,10,11). The first-order chi connectivity index (χ1) is 5.33. The van der Waals surface area contributed by atoms with Gasteiger partial charge in [0.15, 0.2) is 0 Å². The van der Waals surface area contributed by atoms with Gasteiger partial charge in [-0.1, -0.05) is 5.92 Å². The Kier molecular flexibility index (Phi) is 2.94. The summed E-state index contributed by atoms with van der Waals surface area (Å²) in [6.45, 7) is 3.52. The van der Waals surface area contributed by atoms with E-state index in [-0.39, 0.29) is 11.9 Å². The van der Waals surface area contributed by atoms with Crippen molar-refractivity contribution in [2.45, 2.75) is 19.4 Å². The molecule has 0 bridgehead atoms. The monoisotopic (exact) mass is 152 g/mol. The molecule has 1 heterocycles. The average Bonchev–Trinajstić information content (AvgIpc) is 2.40. The van der Waals surface area contributed by atoms with E-state index in [9.17, 15) is 4.79 Å². The van der Waals surface area contributed by atoms with E-state index in [1.54, 1.807) is 6.92 Å². The molecule has 3 nitrogen and oxygen atoms in total. The van der Waals surface area contributed by atoms with E-state index >= 15 is 0 Å². The molecule has 1 fully saturated rings. The van der Waals surface area contributed by atoms with Crippen LogP contribution in [0.5, 0.6) is 0 Å². The lowest BCUT2D eigenvalue weighted by Crippen LogP contribution is -2.35. The average molecular weight is 152 g/mol. The van der Waals surface area contributed by atoms with Gasteiger partial charge >= 0.3 is 0 Å². The molecule has 1 aliphatic heterocycles. The van der Waals surface area contributed by atoms with Crippen molar-refractivity contribution in [2.24, 2.45) is 0 Å². The number of carbonyl (C=O) groups excluding carboxylic acids is 1. The van der Waals surface area contributed by atoms with Crippen LogP contribution in [0.25, 0.3) is 0 Å². The van der Waals surface area contributed by atoms with Crippen LogP contribution >= 0.6 is 0 Å². The minimum atomic E-state index is -0.166. The van der Waals surface area contributed by atoms with Gasteiger partial charge in [0.2, 0.25) is 0 Å². The predicted molar refractivity (Wildman–Crippen MR) is 42.9 cm³/mol. The summed E-state index contributed by atoms with van der Waals surface area (Å²) in [6.07, 6.45) is 1.01. The second-order valence-electron chi connectivity index (χ2n) is 2.54. The molecular weight excluding hydrogens is 140 g/mol. The summed E-state index contributed by atoms with van der Waals surface area (Å²) in [5, 5.41) is 5.96. The van der Waals surface area contributed by atoms with E-state index in [2.05, 4.69) is 22.5 Å². The van der Waals surface area contributed by atoms with Gasteiger partial charge in [-0.3, -0.25) is 4.79 Å². The Morgan fingerprint density at radius 3 is 3.09 bits per heavy atom. The first kappa shape index (κ1) is 8.09. The summed E-state index contributed by atoms with van der Waals surface area (Å²) in [5.41, 5.74) is 0. The summed E-state index contributed by atoms with van der Waals surface area (Å²) < 4.78 is 0. The lowest BCUT2D eigenvalue weighted by Gasteiger charge is -2.06. The van der Waals surface area contributed by atoms with E-state index in [1.807, 2.05) is 0 Å². The first-order valence-electron chi connectivity index (χ1n) is 3.77. The molecule has 0 spiro atoms. The maximum absolute atomic E-state index is 10.9. The normalized spacial score (nSPS) is 22.1. The van der Waals surface area contributed by atoms with Crippen LogP contribution in [0.4, 0.5) is 0 Å². The SMILES string of the molecule is CC#CC(=O)NC1CCNC1. The molecule has 11 heavy (non-hydrogen) atoms. The van der Waals surface area contributed by atoms with Crippen LogP contribution in [0.1, 0.15) is 13.3 Å². The van der Waals surface area contributed by atoms with Gasteiger partial charge < -0.3 is 10.6 Å². The number of carbonyl (C=O) groups is 1. The van der Waals surface area contributed by atoms with Crippen LogP contribution in [0.15, 0.2) is 0 Å². The highest BCUT2D eigenvalue weighted by Crippen LogP contribution is 1.95. The number of amides is 1. The summed E-state index contributed by atoms with van der Waals surface area (Å²) >= 11 is 0. The van der Waals surface area contributed by atoms with Crippen molar-refractivity contribution in [3.63, 3.8) is 0 Å². The molecule has 0 aliphatic carbocycles. The predicted octanol–water partition coefficient (Wildman–Crippen LogP) is -0.512. The van der Waals surface area contributed by atoms with E-state index in [4.69, 9.17) is 0 Å². The van der Waals surface area contributed by atoms with Crippen LogP contribution in [-0.2, 0) is 4.79 Å². The van der Waals surface area contributed by atoms with Crippen molar-refractivity contribution >= 4 is 5.91 Å². The Morgan fingerprint density at radius 2 is 2.55 bits per heavy atom. The highest BCUT2D eigenvalue weighted by Gasteiger charge is 2.14. The number of rotatable bonds is 1. The molecule has 0 radical (unpaired) electrons. The molecule has 1 amide bonds. The molecule has 1 rings (SSSR count). The highest BCUT2D eigenvalue weighted by molar-refractivity contribution is 5.93. The third-order valence-electron chi connectivity index (χ3n) is 1.63. The molecule has 1 unspecified atom stereocenters. The summed E-state index contributed by atoms with van der Waals surface area (Å²) in [6, 6.07) is 0.281. The molecule has 1 saturated heterocycles. The van der Waals surface area contributed by atoms with Gasteiger partial charge in [0.05, 0.1) is 0 Å². The van der Waals surface area contributed by atoms with Gasteiger partial charge in [0.25, 0.3) is 5.91 Å². The van der Waals surface area contributed by atoms with Gasteiger partial charge in [-0.05, 0) is 25.8 Å². The molecule has 0 aromatic carbocycles. The minimum Gasteiger partial charge on any atom is -0.341 e. The van der Waals surface area contributed by atoms with E-state index in [1.165, 1.54) is 0 Å². The third kappa shape index (κ3) is 2.60. The van der Waals surface area contributed by atoms with Crippen LogP contribution in [0.3, 0.4) is 0 Å². The van der Waals surface area contributed by atoms with Crippen molar-refractivity contribution in [1.29, 1.82) is 0 Å². The zero-order valence-electron chi connectivity index (χ0n) is 6.61. The Hall–Kier alpha value is -1.01. The van der Waals surface area contributed by atoms with Gasteiger partial charge in [-0.15, -0.1) is 0 Å². The maximum atomic E-state index is 10.9. The van der Waals surface area contributed by atoms with Crippen molar-refractivity contribution in [2.75, 3.05) is 13.1 Å². The molecule has 1 atom stereocenters. The number of nitrogens with one attached hydrogen (secondary N) is 2. The largest absolute Gasteiger partial charge is 0.341 e. The highest BCUT2D eigenvalue weighted by atomic mass is 16.1. The molecule has 60 valence electrons. The van der Waals surface area contributed by atoms with Gasteiger partial charge in [-0.2, -0.15) is 0 Å². The van der Waals surface area contributed by atoms with E-state index in [0.29, 0.717) is 0 Å². The topological polar surface area (TPSA) is 41.1 Å². The quantitative estimate of drug-likeness (QED) is 0.497. The van der Waals surface area contributed by atoms with Crippen molar-refractivity contribution in [3.8, 4) is 11.8 Å². The van der Waals surface area contributed by atoms with Gasteiger partial charge in [0.1, 0.15) is 0 Å². The number of hydrogen-bond acceptors (Lipinski definition) is 2. The Balaban J connectivity index is 2.27. The Labute approximate surface area is 66.5 Å². The van der Waals surface area contributed by atoms with Crippen LogP contribution in [0, 0.1) is 11.8 Å². The van der Waals surface area contributed by atoms with Crippen molar-refractivity contribution < 1.29 is 4.79 Å². The lowest BCUT2D eigenvalue weighted by atomic mass is 10.2. The maximum Gasteiger partial charge on any atom is 0.296 e. The molecule has 0 aromatic heterocycles. The van der Waals surface area contributed by atoms with Crippen LogP contribution in [0.2, 0.25) is 0 Å². The van der Waals surface area contributed by atoms with Crippen molar-refractivity contribution in [3.05, 3.63) is 0 Å². The summed E-state index contributed by atoms with van der Waals surface area (Å²) in [4.78, 5) is 10.9. The van der Waals surface area contributed by atoms with Gasteiger partial charge in [0, 0.05) is 12.6 Å². The Morgan fingerprint density at radius 1 is 1.73 bits per heavy atom. The zero-order chi connectivity index (χ0) is 8.10. The summed E-state index contributed by atoms with van der Waals surface area (Å²) in [5.74, 6) is 4.84. The Bertz CT molecular complexity index is 196. The van der Waals surface area contributed by atoms with E-state index < -0.39 is 0 Å². The second-order valence-corrected chi connectivity index (χ2v) is 2.54. The fraction of sp³-hybridized carbons (Fsp3) is 0.625. The van der Waals surface area contributed by atoms with E-state index in [0.717, 1.165) is 19.5 Å². The molecule has 0 saturated carbocycles. The molecule has 1 aliphatic rings. The number of hydrogen-bond donors (Lipinski definition) is 2. The fourth-order valence-corrected chi connectivity index (χ4v) is 1.11. The lowest BCUT2D eigenvalue weighted by molar-refractivity contribution is -0.116. The molecule has 3 heteroatoms. The first-order valence-corrected chi connectivity index (χ1v) is 3.77. The van der Waals surface area contributed by atoms with Crippen LogP contribution < -0.4 is 10.6 Å². The second kappa shape index (κ2) is 3.99. The molecular formula is C8H12N2O. The third-order valence-corrected chi connectivity index (χ3v) is 1.63. The minimum absolute atomic E-state index is 0.166. The van der Waals surface area contributed by atoms with Crippen LogP contribution in [-0.4, -0.2) is 25.0 Å². The summed E-state index contributed by atoms with van der Waals surface area (Å²) in [7, 11) is 0. The van der Waals surface area contributed by atoms with Crippen molar-refractivity contribution in [1.82, 2.24) is 10.6 Å².